The zero-order valence-electron chi connectivity index (χ0n) is 17.7. The Morgan fingerprint density at radius 2 is 1.74 bits per heavy atom. The number of aromatic nitrogens is 2. The number of alkyl carbamates (subject to hydrolysis) is 1. The van der Waals surface area contributed by atoms with E-state index in [1.165, 1.54) is 49.9 Å². The highest BCUT2D eigenvalue weighted by Crippen LogP contribution is 2.61. The topological polar surface area (TPSA) is 93.2 Å². The van der Waals surface area contributed by atoms with E-state index < -0.39 is 12.1 Å². The quantitative estimate of drug-likeness (QED) is 0.700. The van der Waals surface area contributed by atoms with Crippen LogP contribution in [0.15, 0.2) is 30.3 Å². The van der Waals surface area contributed by atoms with Gasteiger partial charge in [-0.1, -0.05) is 41.7 Å². The second-order valence-electron chi connectivity index (χ2n) is 9.53. The fourth-order valence-corrected chi connectivity index (χ4v) is 7.05. The maximum atomic E-state index is 12.5. The lowest BCUT2D eigenvalue weighted by atomic mass is 9.50. The van der Waals surface area contributed by atoms with Gasteiger partial charge < -0.3 is 10.1 Å². The number of rotatable bonds is 6. The molecule has 0 spiro atoms. The van der Waals surface area contributed by atoms with Crippen molar-refractivity contribution < 1.29 is 14.3 Å². The molecule has 0 unspecified atom stereocenters. The summed E-state index contributed by atoms with van der Waals surface area (Å²) in [5.74, 6) is 2.17. The lowest BCUT2D eigenvalue weighted by molar-refractivity contribution is -0.117. The van der Waals surface area contributed by atoms with Crippen molar-refractivity contribution in [1.82, 2.24) is 15.5 Å². The molecule has 1 aromatic heterocycles. The van der Waals surface area contributed by atoms with E-state index in [-0.39, 0.29) is 17.9 Å². The van der Waals surface area contributed by atoms with Crippen LogP contribution >= 0.6 is 11.3 Å². The Labute approximate surface area is 186 Å². The molecule has 4 aliphatic carbocycles. The Bertz CT molecular complexity index is 925. The minimum Gasteiger partial charge on any atom is -0.445 e. The summed E-state index contributed by atoms with van der Waals surface area (Å²) in [5.41, 5.74) is 1.06. The van der Waals surface area contributed by atoms with Crippen LogP contribution in [0.4, 0.5) is 9.93 Å². The van der Waals surface area contributed by atoms with Crippen LogP contribution in [0.25, 0.3) is 0 Å². The standard InChI is InChI=1S/C23H28N4O3S/c1-14(24-22(29)30-13-15-5-3-2-4-6-15)19(28)25-21-27-26-20(31-21)23-10-16-7-17(11-23)9-18(8-16)12-23/h2-6,14,16-18H,7-13H2,1H3,(H,24,29)(H,25,27,28)/t14-,16?,17?,18?,23?/m1/s1. The van der Waals surface area contributed by atoms with E-state index in [1.807, 2.05) is 30.3 Å². The molecular formula is C23H28N4O3S. The van der Waals surface area contributed by atoms with Crippen LogP contribution in [0.2, 0.25) is 0 Å². The minimum absolute atomic E-state index is 0.159. The first-order valence-corrected chi connectivity index (χ1v) is 11.9. The largest absolute Gasteiger partial charge is 0.445 e. The number of hydrogen-bond donors (Lipinski definition) is 2. The Kier molecular flexibility index (Phi) is 5.42. The molecule has 31 heavy (non-hydrogen) atoms. The van der Waals surface area contributed by atoms with Crippen LogP contribution in [-0.4, -0.2) is 28.2 Å². The molecule has 4 bridgehead atoms. The second-order valence-corrected chi connectivity index (χ2v) is 10.5. The first kappa shape index (κ1) is 20.4. The third-order valence-electron chi connectivity index (χ3n) is 7.09. The van der Waals surface area contributed by atoms with Gasteiger partial charge in [0.2, 0.25) is 11.0 Å². The molecule has 4 aliphatic rings. The molecule has 7 nitrogen and oxygen atoms in total. The highest BCUT2D eigenvalue weighted by atomic mass is 32.1. The van der Waals surface area contributed by atoms with E-state index in [9.17, 15) is 9.59 Å². The van der Waals surface area contributed by atoms with Gasteiger partial charge in [-0.05, 0) is 68.8 Å². The number of nitrogens with one attached hydrogen (secondary N) is 2. The maximum absolute atomic E-state index is 12.5. The molecule has 164 valence electrons. The Morgan fingerprint density at radius 1 is 1.10 bits per heavy atom. The van der Waals surface area contributed by atoms with E-state index in [4.69, 9.17) is 4.74 Å². The molecule has 0 radical (unpaired) electrons. The van der Waals surface area contributed by atoms with Gasteiger partial charge in [-0.3, -0.25) is 10.1 Å². The van der Waals surface area contributed by atoms with Crippen molar-refractivity contribution in [2.45, 2.75) is 63.5 Å². The number of benzene rings is 1. The van der Waals surface area contributed by atoms with Crippen LogP contribution in [0.3, 0.4) is 0 Å². The average molecular weight is 441 g/mol. The molecule has 4 saturated carbocycles. The van der Waals surface area contributed by atoms with Crippen molar-refractivity contribution in [1.29, 1.82) is 0 Å². The summed E-state index contributed by atoms with van der Waals surface area (Å²) in [5, 5.41) is 15.7. The molecule has 6 rings (SSSR count). The smallest absolute Gasteiger partial charge is 0.408 e. The van der Waals surface area contributed by atoms with Gasteiger partial charge in [0.05, 0.1) is 0 Å². The van der Waals surface area contributed by atoms with Crippen molar-refractivity contribution in [2.75, 3.05) is 5.32 Å². The minimum atomic E-state index is -0.741. The molecule has 1 heterocycles. The molecule has 2 aromatic rings. The fraction of sp³-hybridized carbons (Fsp3) is 0.565. The molecule has 2 N–H and O–H groups in total. The van der Waals surface area contributed by atoms with Crippen LogP contribution in [0, 0.1) is 17.8 Å². The third kappa shape index (κ3) is 4.31. The monoisotopic (exact) mass is 440 g/mol. The summed E-state index contributed by atoms with van der Waals surface area (Å²) in [4.78, 5) is 24.5. The van der Waals surface area contributed by atoms with Crippen molar-refractivity contribution >= 4 is 28.5 Å². The van der Waals surface area contributed by atoms with Gasteiger partial charge in [0, 0.05) is 5.41 Å². The maximum Gasteiger partial charge on any atom is 0.408 e. The summed E-state index contributed by atoms with van der Waals surface area (Å²) in [7, 11) is 0. The first-order chi connectivity index (χ1) is 15.0. The summed E-state index contributed by atoms with van der Waals surface area (Å²) >= 11 is 1.50. The van der Waals surface area contributed by atoms with E-state index in [0.29, 0.717) is 5.13 Å². The van der Waals surface area contributed by atoms with Crippen molar-refractivity contribution in [3.63, 3.8) is 0 Å². The van der Waals surface area contributed by atoms with Gasteiger partial charge in [-0.15, -0.1) is 10.2 Å². The predicted octanol–water partition coefficient (Wildman–Crippen LogP) is 4.26. The molecule has 1 aromatic carbocycles. The highest BCUT2D eigenvalue weighted by molar-refractivity contribution is 7.15. The SMILES string of the molecule is C[C@@H](NC(=O)OCc1ccccc1)C(=O)Nc1nnc(C23CC4CC(CC(C4)C2)C3)s1. The number of anilines is 1. The van der Waals surface area contributed by atoms with E-state index in [1.54, 1.807) is 6.92 Å². The molecular weight excluding hydrogens is 412 g/mol. The number of amides is 2. The van der Waals surface area contributed by atoms with Gasteiger partial charge in [0.15, 0.2) is 0 Å². The summed E-state index contributed by atoms with van der Waals surface area (Å²) in [6.07, 6.45) is 7.16. The predicted molar refractivity (Wildman–Crippen MR) is 118 cm³/mol. The number of hydrogen-bond acceptors (Lipinski definition) is 6. The van der Waals surface area contributed by atoms with Gasteiger partial charge >= 0.3 is 6.09 Å². The summed E-state index contributed by atoms with van der Waals surface area (Å²) in [6, 6.07) is 8.67. The Hall–Kier alpha value is -2.48. The molecule has 0 aliphatic heterocycles. The van der Waals surface area contributed by atoms with Crippen LogP contribution in [0.5, 0.6) is 0 Å². The molecule has 4 fully saturated rings. The third-order valence-corrected chi connectivity index (χ3v) is 8.17. The van der Waals surface area contributed by atoms with Crippen LogP contribution in [0.1, 0.15) is 56.0 Å². The number of ether oxygens (including phenoxy) is 1. The zero-order chi connectivity index (χ0) is 21.4. The number of nitrogens with zero attached hydrogens (tertiary/aromatic N) is 2. The summed E-state index contributed by atoms with van der Waals surface area (Å²) < 4.78 is 5.19. The second kappa shape index (κ2) is 8.22. The van der Waals surface area contributed by atoms with Gasteiger partial charge in [0.25, 0.3) is 0 Å². The van der Waals surface area contributed by atoms with E-state index in [0.717, 1.165) is 28.3 Å². The Morgan fingerprint density at radius 3 is 2.39 bits per heavy atom. The molecule has 1 atom stereocenters. The number of carbonyl (C=O) groups is 2. The lowest BCUT2D eigenvalue weighted by Gasteiger charge is -2.55. The van der Waals surface area contributed by atoms with Gasteiger partial charge in [-0.25, -0.2) is 4.79 Å². The normalized spacial score (nSPS) is 29.4. The number of carbonyl (C=O) groups excluding carboxylic acids is 2. The summed E-state index contributed by atoms with van der Waals surface area (Å²) in [6.45, 7) is 1.78. The van der Waals surface area contributed by atoms with Crippen molar-refractivity contribution in [2.24, 2.45) is 17.8 Å². The van der Waals surface area contributed by atoms with Gasteiger partial charge in [0.1, 0.15) is 17.7 Å². The van der Waals surface area contributed by atoms with Crippen LogP contribution in [-0.2, 0) is 21.6 Å². The van der Waals surface area contributed by atoms with Crippen LogP contribution < -0.4 is 10.6 Å². The molecule has 2 amide bonds. The van der Waals surface area contributed by atoms with Crippen molar-refractivity contribution in [3.05, 3.63) is 40.9 Å². The zero-order valence-corrected chi connectivity index (χ0v) is 18.5. The Balaban J connectivity index is 1.15. The van der Waals surface area contributed by atoms with Crippen molar-refractivity contribution in [3.8, 4) is 0 Å². The molecule has 8 heteroatoms. The first-order valence-electron chi connectivity index (χ1n) is 11.1. The van der Waals surface area contributed by atoms with E-state index >= 15 is 0 Å². The van der Waals surface area contributed by atoms with E-state index in [2.05, 4.69) is 20.8 Å². The lowest BCUT2D eigenvalue weighted by Crippen LogP contribution is -2.48. The highest BCUT2D eigenvalue weighted by Gasteiger charge is 2.53. The molecule has 0 saturated heterocycles. The van der Waals surface area contributed by atoms with Gasteiger partial charge in [-0.2, -0.15) is 0 Å². The average Bonchev–Trinajstić information content (AvgIpc) is 3.21. The fourth-order valence-electron chi connectivity index (χ4n) is 6.08.